The van der Waals surface area contributed by atoms with Crippen molar-refractivity contribution < 1.29 is 19.2 Å². The molecule has 9 nitrogen and oxygen atoms in total. The number of fused-ring (bicyclic) bond motifs is 1. The number of halogens is 1. The summed E-state index contributed by atoms with van der Waals surface area (Å²) in [4.78, 5) is 33.4. The number of hydrogen-bond acceptors (Lipinski definition) is 9. The van der Waals surface area contributed by atoms with Gasteiger partial charge >= 0.3 is 5.69 Å². The normalized spacial score (nSPS) is 10.9. The smallest absolute Gasteiger partial charge is 0.314 e. The van der Waals surface area contributed by atoms with Crippen molar-refractivity contribution in [3.63, 3.8) is 0 Å². The van der Waals surface area contributed by atoms with Crippen molar-refractivity contribution >= 4 is 62.2 Å². The van der Waals surface area contributed by atoms with Crippen LogP contribution in [0.15, 0.2) is 53.1 Å². The van der Waals surface area contributed by atoms with Crippen LogP contribution in [0.1, 0.15) is 13.8 Å². The minimum atomic E-state index is -0.547. The molecular weight excluding hydrogens is 524 g/mol. The molecule has 0 saturated carbocycles. The van der Waals surface area contributed by atoms with E-state index in [2.05, 4.69) is 15.3 Å². The largest absolute Gasteiger partial charge is 0.491 e. The molecule has 0 fully saturated rings. The molecule has 4 rings (SSSR count). The van der Waals surface area contributed by atoms with Gasteiger partial charge in [-0.1, -0.05) is 35.5 Å². The zero-order chi connectivity index (χ0) is 25.7. The molecule has 2 aromatic heterocycles. The Hall–Kier alpha value is -3.41. The number of thioether (sulfide) groups is 1. The molecule has 2 aromatic carbocycles. The van der Waals surface area contributed by atoms with Crippen molar-refractivity contribution in [3.05, 3.63) is 63.2 Å². The summed E-state index contributed by atoms with van der Waals surface area (Å²) in [5.74, 6) is -0.0305. The minimum absolute atomic E-state index is 0.0501. The maximum atomic E-state index is 12.9. The number of nitro groups is 1. The van der Waals surface area contributed by atoms with Gasteiger partial charge in [-0.25, -0.2) is 9.97 Å². The van der Waals surface area contributed by atoms with E-state index in [9.17, 15) is 14.9 Å². The Kier molecular flexibility index (Phi) is 8.24. The van der Waals surface area contributed by atoms with Crippen LogP contribution in [0.2, 0.25) is 5.02 Å². The Morgan fingerprint density at radius 1 is 1.14 bits per heavy atom. The summed E-state index contributed by atoms with van der Waals surface area (Å²) in [6.45, 7) is 3.98. The first kappa shape index (κ1) is 25.7. The highest BCUT2D eigenvalue weighted by molar-refractivity contribution is 8.00. The van der Waals surface area contributed by atoms with E-state index in [0.717, 1.165) is 21.3 Å². The van der Waals surface area contributed by atoms with Crippen molar-refractivity contribution in [3.8, 4) is 22.6 Å². The Labute approximate surface area is 220 Å². The number of amides is 1. The zero-order valence-corrected chi connectivity index (χ0v) is 21.7. The lowest BCUT2D eigenvalue weighted by Crippen LogP contribution is -2.15. The first-order chi connectivity index (χ1) is 17.4. The number of carbonyl (C=O) groups excluding carboxylic acids is 1. The second-order valence-electron chi connectivity index (χ2n) is 7.29. The predicted molar refractivity (Wildman–Crippen MR) is 143 cm³/mol. The van der Waals surface area contributed by atoms with E-state index in [1.807, 2.05) is 29.6 Å². The van der Waals surface area contributed by atoms with Gasteiger partial charge in [-0.3, -0.25) is 14.9 Å². The van der Waals surface area contributed by atoms with Gasteiger partial charge in [0.2, 0.25) is 5.91 Å². The molecule has 1 N–H and O–H groups in total. The molecule has 0 unspecified atom stereocenters. The van der Waals surface area contributed by atoms with E-state index >= 15 is 0 Å². The average molecular weight is 545 g/mol. The number of nitrogens with zero attached hydrogens (tertiary/aromatic N) is 3. The summed E-state index contributed by atoms with van der Waals surface area (Å²) in [7, 11) is 0. The fourth-order valence-electron chi connectivity index (χ4n) is 3.45. The van der Waals surface area contributed by atoms with E-state index < -0.39 is 4.92 Å². The van der Waals surface area contributed by atoms with Crippen LogP contribution in [0.4, 0.5) is 11.4 Å². The molecule has 1 amide bonds. The molecule has 36 heavy (non-hydrogen) atoms. The summed E-state index contributed by atoms with van der Waals surface area (Å²) in [5.41, 5.74) is 2.00. The Morgan fingerprint density at radius 2 is 1.86 bits per heavy atom. The summed E-state index contributed by atoms with van der Waals surface area (Å²) < 4.78 is 10.9. The third-order valence-corrected chi connectivity index (χ3v) is 7.09. The van der Waals surface area contributed by atoms with Gasteiger partial charge in [0, 0.05) is 22.0 Å². The quantitative estimate of drug-likeness (QED) is 0.105. The molecular formula is C24H21ClN4O5S2. The Balaban J connectivity index is 1.57. The van der Waals surface area contributed by atoms with Gasteiger partial charge < -0.3 is 14.8 Å². The third kappa shape index (κ3) is 5.69. The average Bonchev–Trinajstić information content (AvgIpc) is 3.29. The SMILES string of the molecule is CCOc1cc([N+](=O)[O-])c(OCC)cc1NC(=O)CSc1ncnc2scc(-c3ccc(Cl)cc3)c12. The Morgan fingerprint density at radius 3 is 2.56 bits per heavy atom. The van der Waals surface area contributed by atoms with Gasteiger partial charge in [0.15, 0.2) is 5.75 Å². The first-order valence-corrected chi connectivity index (χ1v) is 13.1. The van der Waals surface area contributed by atoms with Crippen LogP contribution in [-0.2, 0) is 4.79 Å². The number of aromatic nitrogens is 2. The number of rotatable bonds is 10. The number of hydrogen-bond donors (Lipinski definition) is 1. The second kappa shape index (κ2) is 11.5. The number of carbonyl (C=O) groups is 1. The number of thiophene rings is 1. The van der Waals surface area contributed by atoms with E-state index in [0.29, 0.717) is 15.7 Å². The van der Waals surface area contributed by atoms with Crippen LogP contribution < -0.4 is 14.8 Å². The lowest BCUT2D eigenvalue weighted by Gasteiger charge is -2.14. The molecule has 0 saturated heterocycles. The number of nitro benzene ring substituents is 1. The summed E-state index contributed by atoms with van der Waals surface area (Å²) in [5, 5.41) is 18.4. The fraction of sp³-hybridized carbons (Fsp3) is 0.208. The van der Waals surface area contributed by atoms with Crippen LogP contribution in [0.3, 0.4) is 0 Å². The van der Waals surface area contributed by atoms with Crippen molar-refractivity contribution in [2.24, 2.45) is 0 Å². The topological polar surface area (TPSA) is 116 Å². The maximum absolute atomic E-state index is 12.9. The Bertz CT molecular complexity index is 1410. The lowest BCUT2D eigenvalue weighted by atomic mass is 10.1. The van der Waals surface area contributed by atoms with Crippen LogP contribution in [0, 0.1) is 10.1 Å². The standard InChI is InChI=1S/C24H21ClN4O5S2/c1-3-33-19-10-18(29(31)32)20(34-4-2)9-17(19)28-21(30)12-36-24-22-16(11-35-23(22)26-13-27-24)14-5-7-15(25)8-6-14/h5-11,13H,3-4,12H2,1-2H3,(H,28,30). The number of ether oxygens (including phenoxy) is 2. The lowest BCUT2D eigenvalue weighted by molar-refractivity contribution is -0.385. The van der Waals surface area contributed by atoms with Crippen molar-refractivity contribution in [2.75, 3.05) is 24.3 Å². The minimum Gasteiger partial charge on any atom is -0.491 e. The highest BCUT2D eigenvalue weighted by Gasteiger charge is 2.22. The van der Waals surface area contributed by atoms with Gasteiger partial charge in [-0.05, 0) is 31.5 Å². The highest BCUT2D eigenvalue weighted by atomic mass is 35.5. The van der Waals surface area contributed by atoms with Crippen molar-refractivity contribution in [1.82, 2.24) is 9.97 Å². The van der Waals surface area contributed by atoms with E-state index in [1.165, 1.54) is 41.6 Å². The molecule has 0 bridgehead atoms. The molecule has 0 atom stereocenters. The van der Waals surface area contributed by atoms with Crippen LogP contribution in [-0.4, -0.2) is 39.8 Å². The van der Waals surface area contributed by atoms with Gasteiger partial charge in [-0.2, -0.15) is 0 Å². The molecule has 186 valence electrons. The first-order valence-electron chi connectivity index (χ1n) is 10.9. The molecule has 0 aliphatic heterocycles. The van der Waals surface area contributed by atoms with Gasteiger partial charge in [-0.15, -0.1) is 11.3 Å². The van der Waals surface area contributed by atoms with Gasteiger partial charge in [0.25, 0.3) is 0 Å². The molecule has 0 aliphatic carbocycles. The van der Waals surface area contributed by atoms with Crippen LogP contribution in [0.25, 0.3) is 21.3 Å². The molecule has 12 heteroatoms. The van der Waals surface area contributed by atoms with E-state index in [4.69, 9.17) is 21.1 Å². The molecule has 4 aromatic rings. The van der Waals surface area contributed by atoms with Crippen molar-refractivity contribution in [2.45, 2.75) is 18.9 Å². The monoisotopic (exact) mass is 544 g/mol. The summed E-state index contributed by atoms with van der Waals surface area (Å²) in [6, 6.07) is 10.2. The number of nitrogens with one attached hydrogen (secondary N) is 1. The third-order valence-electron chi connectivity index (χ3n) is 4.96. The highest BCUT2D eigenvalue weighted by Crippen LogP contribution is 2.40. The van der Waals surface area contributed by atoms with E-state index in [1.54, 1.807) is 13.8 Å². The maximum Gasteiger partial charge on any atom is 0.314 e. The summed E-state index contributed by atoms with van der Waals surface area (Å²) >= 11 is 8.81. The zero-order valence-electron chi connectivity index (χ0n) is 19.3. The van der Waals surface area contributed by atoms with Crippen molar-refractivity contribution in [1.29, 1.82) is 0 Å². The fourth-order valence-corrected chi connectivity index (χ4v) is 5.37. The van der Waals surface area contributed by atoms with Gasteiger partial charge in [0.05, 0.1) is 41.0 Å². The molecule has 0 spiro atoms. The number of anilines is 1. The molecule has 0 aliphatic rings. The van der Waals surface area contributed by atoms with Gasteiger partial charge in [0.1, 0.15) is 21.9 Å². The molecule has 0 radical (unpaired) electrons. The molecule has 2 heterocycles. The van der Waals surface area contributed by atoms with E-state index in [-0.39, 0.29) is 42.1 Å². The van der Waals surface area contributed by atoms with Crippen LogP contribution >= 0.6 is 34.7 Å². The number of benzene rings is 2. The summed E-state index contributed by atoms with van der Waals surface area (Å²) in [6.07, 6.45) is 1.47. The second-order valence-corrected chi connectivity index (χ2v) is 9.55. The van der Waals surface area contributed by atoms with Crippen LogP contribution in [0.5, 0.6) is 11.5 Å². The predicted octanol–water partition coefficient (Wildman–Crippen LogP) is 6.45.